The fourth-order valence-corrected chi connectivity index (χ4v) is 3.11. The smallest absolute Gasteiger partial charge is 0.417 e. The van der Waals surface area contributed by atoms with Gasteiger partial charge in [0.1, 0.15) is 24.2 Å². The van der Waals surface area contributed by atoms with Crippen LogP contribution in [0.25, 0.3) is 16.9 Å². The minimum absolute atomic E-state index is 0.0178. The van der Waals surface area contributed by atoms with Crippen LogP contribution in [-0.2, 0) is 6.18 Å². The zero-order valence-electron chi connectivity index (χ0n) is 17.4. The number of fused-ring (bicyclic) bond motifs is 1. The Morgan fingerprint density at radius 3 is 2.71 bits per heavy atom. The maximum atomic E-state index is 13.4. The van der Waals surface area contributed by atoms with Gasteiger partial charge < -0.3 is 20.3 Å². The number of carbonyl (C=O) groups is 1. The number of rotatable bonds is 7. The Hall–Kier alpha value is -4.03. The molecule has 3 N–H and O–H groups in total. The minimum atomic E-state index is -4.57. The van der Waals surface area contributed by atoms with E-state index < -0.39 is 30.4 Å². The molecule has 1 amide bonds. The van der Waals surface area contributed by atoms with Crippen LogP contribution < -0.4 is 10.1 Å². The van der Waals surface area contributed by atoms with E-state index in [0.717, 1.165) is 6.07 Å². The second kappa shape index (κ2) is 9.45. The van der Waals surface area contributed by atoms with Crippen LogP contribution in [0.2, 0.25) is 0 Å². The highest BCUT2D eigenvalue weighted by molar-refractivity contribution is 6.02. The number of anilines is 1. The van der Waals surface area contributed by atoms with Crippen LogP contribution in [0, 0.1) is 0 Å². The number of aliphatic hydroxyl groups is 2. The van der Waals surface area contributed by atoms with Crippen LogP contribution in [0.5, 0.6) is 5.88 Å². The first kappa shape index (κ1) is 23.1. The molecule has 0 spiro atoms. The summed E-state index contributed by atoms with van der Waals surface area (Å²) >= 11 is 0. The topological polar surface area (TPSA) is 122 Å². The van der Waals surface area contributed by atoms with Crippen molar-refractivity contribution in [3.8, 4) is 17.1 Å². The molecule has 176 valence electrons. The van der Waals surface area contributed by atoms with Gasteiger partial charge in [0.25, 0.3) is 5.91 Å². The van der Waals surface area contributed by atoms with Gasteiger partial charge in [0.2, 0.25) is 5.88 Å². The first-order chi connectivity index (χ1) is 16.3. The van der Waals surface area contributed by atoms with Crippen LogP contribution in [-0.4, -0.2) is 55.0 Å². The average molecular weight is 473 g/mol. The number of benzene rings is 1. The fourth-order valence-electron chi connectivity index (χ4n) is 3.11. The van der Waals surface area contributed by atoms with Crippen LogP contribution >= 0.6 is 0 Å². The first-order valence-electron chi connectivity index (χ1n) is 9.98. The fraction of sp³-hybridized carbons (Fsp3) is 0.182. The molecule has 0 bridgehead atoms. The lowest BCUT2D eigenvalue weighted by Gasteiger charge is -2.11. The van der Waals surface area contributed by atoms with Gasteiger partial charge in [0.15, 0.2) is 5.65 Å². The maximum absolute atomic E-state index is 13.4. The zero-order valence-corrected chi connectivity index (χ0v) is 17.4. The van der Waals surface area contributed by atoms with Crippen molar-refractivity contribution in [3.63, 3.8) is 0 Å². The summed E-state index contributed by atoms with van der Waals surface area (Å²) < 4.78 is 46.8. The Morgan fingerprint density at radius 1 is 1.15 bits per heavy atom. The molecule has 3 heterocycles. The molecular weight excluding hydrogens is 455 g/mol. The summed E-state index contributed by atoms with van der Waals surface area (Å²) in [7, 11) is 0. The van der Waals surface area contributed by atoms with E-state index in [4.69, 9.17) is 9.84 Å². The summed E-state index contributed by atoms with van der Waals surface area (Å²) in [6, 6.07) is 12.3. The Kier molecular flexibility index (Phi) is 6.43. The molecule has 0 aliphatic rings. The molecule has 12 heteroatoms. The molecule has 0 saturated heterocycles. The van der Waals surface area contributed by atoms with E-state index in [1.165, 1.54) is 59.2 Å². The quantitative estimate of drug-likeness (QED) is 0.377. The number of aromatic nitrogens is 4. The predicted octanol–water partition coefficient (Wildman–Crippen LogP) is 2.79. The number of hydrogen-bond donors (Lipinski definition) is 3. The van der Waals surface area contributed by atoms with Crippen LogP contribution in [0.3, 0.4) is 0 Å². The zero-order chi connectivity index (χ0) is 24.3. The van der Waals surface area contributed by atoms with E-state index in [1.807, 2.05) is 0 Å². The van der Waals surface area contributed by atoms with E-state index in [1.54, 1.807) is 0 Å². The molecular formula is C22H18F3N5O4. The summed E-state index contributed by atoms with van der Waals surface area (Å²) in [6.07, 6.45) is -4.28. The van der Waals surface area contributed by atoms with Crippen LogP contribution in [0.4, 0.5) is 19.0 Å². The molecule has 1 atom stereocenters. The lowest BCUT2D eigenvalue weighted by molar-refractivity contribution is -0.137. The van der Waals surface area contributed by atoms with Crippen LogP contribution in [0.15, 0.2) is 60.8 Å². The van der Waals surface area contributed by atoms with E-state index >= 15 is 0 Å². The molecule has 0 fully saturated rings. The van der Waals surface area contributed by atoms with Gasteiger partial charge in [0, 0.05) is 23.9 Å². The SMILES string of the molecule is O=C(Nc1ccnc2cc(-c3ccccc3C(F)(F)F)nn12)c1cccc(OC[C@@H](O)CO)n1. The van der Waals surface area contributed by atoms with Crippen LogP contribution in [0.1, 0.15) is 16.1 Å². The highest BCUT2D eigenvalue weighted by atomic mass is 19.4. The number of halogens is 3. The number of carbonyl (C=O) groups excluding carboxylic acids is 1. The molecule has 0 saturated carbocycles. The van der Waals surface area contributed by atoms with Crippen molar-refractivity contribution in [3.05, 3.63) is 72.1 Å². The summed E-state index contributed by atoms with van der Waals surface area (Å²) in [5.74, 6) is -0.409. The van der Waals surface area contributed by atoms with Gasteiger partial charge in [-0.15, -0.1) is 0 Å². The van der Waals surface area contributed by atoms with E-state index in [-0.39, 0.29) is 40.9 Å². The van der Waals surface area contributed by atoms with Crippen molar-refractivity contribution in [2.75, 3.05) is 18.5 Å². The summed E-state index contributed by atoms with van der Waals surface area (Å²) in [4.78, 5) is 20.9. The number of aliphatic hydroxyl groups excluding tert-OH is 2. The molecule has 3 aromatic heterocycles. The molecule has 4 aromatic rings. The average Bonchev–Trinajstić information content (AvgIpc) is 3.27. The molecule has 4 rings (SSSR count). The van der Waals surface area contributed by atoms with Gasteiger partial charge in [0.05, 0.1) is 17.9 Å². The normalized spacial score (nSPS) is 12.5. The molecule has 0 radical (unpaired) electrons. The molecule has 0 aliphatic heterocycles. The van der Waals surface area contributed by atoms with Crippen molar-refractivity contribution < 1.29 is 32.9 Å². The molecule has 0 unspecified atom stereocenters. The number of alkyl halides is 3. The number of nitrogens with zero attached hydrogens (tertiary/aromatic N) is 4. The molecule has 0 aliphatic carbocycles. The van der Waals surface area contributed by atoms with Crippen molar-refractivity contribution in [2.45, 2.75) is 12.3 Å². The monoisotopic (exact) mass is 473 g/mol. The van der Waals surface area contributed by atoms with E-state index in [2.05, 4.69) is 20.4 Å². The third-order valence-electron chi connectivity index (χ3n) is 4.70. The second-order valence-corrected chi connectivity index (χ2v) is 7.14. The summed E-state index contributed by atoms with van der Waals surface area (Å²) in [5, 5.41) is 25.1. The van der Waals surface area contributed by atoms with Gasteiger partial charge in [-0.2, -0.15) is 22.8 Å². The third-order valence-corrected chi connectivity index (χ3v) is 4.70. The maximum Gasteiger partial charge on any atom is 0.417 e. The lowest BCUT2D eigenvalue weighted by Crippen LogP contribution is -2.22. The van der Waals surface area contributed by atoms with E-state index in [0.29, 0.717) is 0 Å². The van der Waals surface area contributed by atoms with Crippen molar-refractivity contribution >= 4 is 17.4 Å². The van der Waals surface area contributed by atoms with Gasteiger partial charge in [-0.05, 0) is 18.2 Å². The Morgan fingerprint density at radius 2 is 1.94 bits per heavy atom. The summed E-state index contributed by atoms with van der Waals surface area (Å²) in [6.45, 7) is -0.702. The largest absolute Gasteiger partial charge is 0.475 e. The highest BCUT2D eigenvalue weighted by Crippen LogP contribution is 2.36. The summed E-state index contributed by atoms with van der Waals surface area (Å²) in [5.41, 5.74) is -0.702. The van der Waals surface area contributed by atoms with Crippen molar-refractivity contribution in [1.82, 2.24) is 19.6 Å². The third kappa shape index (κ3) is 4.97. The lowest BCUT2D eigenvalue weighted by atomic mass is 10.0. The Balaban J connectivity index is 1.61. The standard InChI is InChI=1S/C22H18F3N5O4/c23-22(24,25)15-5-2-1-4-14(15)17-10-19-26-9-8-18(30(19)29-17)28-21(33)16-6-3-7-20(27-16)34-12-13(32)11-31/h1-10,13,31-32H,11-12H2,(H,28,33)/t13-/m0/s1. The Bertz CT molecular complexity index is 1330. The number of hydrogen-bond acceptors (Lipinski definition) is 7. The second-order valence-electron chi connectivity index (χ2n) is 7.14. The van der Waals surface area contributed by atoms with E-state index in [9.17, 15) is 23.1 Å². The van der Waals surface area contributed by atoms with Crippen molar-refractivity contribution in [1.29, 1.82) is 0 Å². The first-order valence-corrected chi connectivity index (χ1v) is 9.98. The minimum Gasteiger partial charge on any atom is -0.475 e. The highest BCUT2D eigenvalue weighted by Gasteiger charge is 2.34. The van der Waals surface area contributed by atoms with Gasteiger partial charge >= 0.3 is 6.18 Å². The number of ether oxygens (including phenoxy) is 1. The van der Waals surface area contributed by atoms with Gasteiger partial charge in [-0.25, -0.2) is 9.97 Å². The molecule has 34 heavy (non-hydrogen) atoms. The van der Waals surface area contributed by atoms with Gasteiger partial charge in [-0.1, -0.05) is 24.3 Å². The number of pyridine rings is 1. The molecule has 9 nitrogen and oxygen atoms in total. The number of amides is 1. The van der Waals surface area contributed by atoms with Crippen molar-refractivity contribution in [2.24, 2.45) is 0 Å². The van der Waals surface area contributed by atoms with Gasteiger partial charge in [-0.3, -0.25) is 4.79 Å². The predicted molar refractivity (Wildman–Crippen MR) is 114 cm³/mol. The molecule has 1 aromatic carbocycles. The number of nitrogens with one attached hydrogen (secondary N) is 1. The Labute approximate surface area is 190 Å².